The Balaban J connectivity index is 3.65. The van der Waals surface area contributed by atoms with Crippen molar-refractivity contribution in [1.29, 1.82) is 0 Å². The standard InChI is InChI=1S/C7H13NO3S/c1-12-4-2-3-5(9)6(8)7(10)11/h6H,2-4,8H2,1H3,(H,10,11). The van der Waals surface area contributed by atoms with Gasteiger partial charge >= 0.3 is 5.97 Å². The fourth-order valence-electron chi connectivity index (χ4n) is 0.684. The van der Waals surface area contributed by atoms with Crippen molar-refractivity contribution in [3.05, 3.63) is 0 Å². The number of carbonyl (C=O) groups excluding carboxylic acids is 1. The van der Waals surface area contributed by atoms with Gasteiger partial charge in [-0.1, -0.05) is 0 Å². The summed E-state index contributed by atoms with van der Waals surface area (Å²) in [6.45, 7) is 0. The molecule has 0 aromatic carbocycles. The Bertz CT molecular complexity index is 172. The second-order valence-corrected chi connectivity index (χ2v) is 3.36. The number of carbonyl (C=O) groups is 2. The fourth-order valence-corrected chi connectivity index (χ4v) is 1.12. The monoisotopic (exact) mass is 191 g/mol. The number of hydrogen-bond donors (Lipinski definition) is 2. The quantitative estimate of drug-likeness (QED) is 0.460. The Morgan fingerprint density at radius 3 is 2.58 bits per heavy atom. The molecule has 70 valence electrons. The van der Waals surface area contributed by atoms with E-state index in [2.05, 4.69) is 0 Å². The van der Waals surface area contributed by atoms with Gasteiger partial charge in [-0.2, -0.15) is 11.8 Å². The van der Waals surface area contributed by atoms with Crippen LogP contribution in [0.25, 0.3) is 0 Å². The number of hydrogen-bond acceptors (Lipinski definition) is 4. The van der Waals surface area contributed by atoms with Gasteiger partial charge in [0.2, 0.25) is 0 Å². The number of carboxylic acids is 1. The molecule has 0 aromatic heterocycles. The summed E-state index contributed by atoms with van der Waals surface area (Å²) >= 11 is 1.62. The van der Waals surface area contributed by atoms with Crippen LogP contribution in [0, 0.1) is 0 Å². The molecule has 0 radical (unpaired) electrons. The third-order valence-electron chi connectivity index (χ3n) is 1.38. The molecule has 0 amide bonds. The molecule has 0 aliphatic heterocycles. The molecule has 0 saturated carbocycles. The minimum Gasteiger partial charge on any atom is -0.480 e. The molecule has 1 unspecified atom stereocenters. The van der Waals surface area contributed by atoms with Gasteiger partial charge in [-0.25, -0.2) is 0 Å². The van der Waals surface area contributed by atoms with Gasteiger partial charge in [-0.3, -0.25) is 9.59 Å². The van der Waals surface area contributed by atoms with E-state index < -0.39 is 17.8 Å². The smallest absolute Gasteiger partial charge is 0.328 e. The van der Waals surface area contributed by atoms with E-state index in [9.17, 15) is 9.59 Å². The Morgan fingerprint density at radius 1 is 1.58 bits per heavy atom. The van der Waals surface area contributed by atoms with Crippen molar-refractivity contribution >= 4 is 23.5 Å². The molecule has 4 nitrogen and oxygen atoms in total. The number of rotatable bonds is 6. The number of Topliss-reactive ketones (excluding diaryl/α,β-unsaturated/α-hetero) is 1. The van der Waals surface area contributed by atoms with Crippen molar-refractivity contribution in [2.24, 2.45) is 5.73 Å². The van der Waals surface area contributed by atoms with E-state index in [1.165, 1.54) is 0 Å². The van der Waals surface area contributed by atoms with Gasteiger partial charge in [0.25, 0.3) is 0 Å². The van der Waals surface area contributed by atoms with Crippen LogP contribution < -0.4 is 5.73 Å². The second-order valence-electron chi connectivity index (χ2n) is 2.38. The predicted octanol–water partition coefficient (Wildman–Crippen LogP) is 0.111. The average molecular weight is 191 g/mol. The van der Waals surface area contributed by atoms with Crippen LogP contribution in [0.1, 0.15) is 12.8 Å². The summed E-state index contributed by atoms with van der Waals surface area (Å²) in [6, 6.07) is -1.34. The van der Waals surface area contributed by atoms with E-state index in [0.29, 0.717) is 6.42 Å². The number of carboxylic acid groups (broad SMARTS) is 1. The van der Waals surface area contributed by atoms with Crippen LogP contribution in [0.4, 0.5) is 0 Å². The van der Waals surface area contributed by atoms with Gasteiger partial charge in [0.05, 0.1) is 0 Å². The first kappa shape index (κ1) is 11.4. The summed E-state index contributed by atoms with van der Waals surface area (Å²) < 4.78 is 0. The molecule has 0 fully saturated rings. The Kier molecular flexibility index (Phi) is 5.74. The zero-order valence-corrected chi connectivity index (χ0v) is 7.76. The van der Waals surface area contributed by atoms with Gasteiger partial charge in [-0.05, 0) is 18.4 Å². The van der Waals surface area contributed by atoms with E-state index in [-0.39, 0.29) is 6.42 Å². The average Bonchev–Trinajstić information content (AvgIpc) is 2.03. The molecule has 1 atom stereocenters. The van der Waals surface area contributed by atoms with Crippen LogP contribution in [0.5, 0.6) is 0 Å². The summed E-state index contributed by atoms with van der Waals surface area (Å²) in [7, 11) is 0. The van der Waals surface area contributed by atoms with E-state index >= 15 is 0 Å². The van der Waals surface area contributed by atoms with Gasteiger partial charge in [0, 0.05) is 6.42 Å². The molecular formula is C7H13NO3S. The van der Waals surface area contributed by atoms with Crippen molar-refractivity contribution in [2.75, 3.05) is 12.0 Å². The highest BCUT2D eigenvalue weighted by molar-refractivity contribution is 7.98. The molecule has 0 rings (SSSR count). The van der Waals surface area contributed by atoms with E-state index in [1.807, 2.05) is 6.26 Å². The van der Waals surface area contributed by atoms with E-state index in [0.717, 1.165) is 5.75 Å². The van der Waals surface area contributed by atoms with Crippen molar-refractivity contribution < 1.29 is 14.7 Å². The molecule has 5 heteroatoms. The van der Waals surface area contributed by atoms with Crippen LogP contribution in [0.2, 0.25) is 0 Å². The van der Waals surface area contributed by atoms with Crippen LogP contribution in [0.15, 0.2) is 0 Å². The maximum Gasteiger partial charge on any atom is 0.328 e. The van der Waals surface area contributed by atoms with Crippen LogP contribution >= 0.6 is 11.8 Å². The minimum atomic E-state index is -1.34. The SMILES string of the molecule is CSCCCC(=O)C(N)C(=O)O. The van der Waals surface area contributed by atoms with Crippen LogP contribution in [0.3, 0.4) is 0 Å². The first-order valence-corrected chi connectivity index (χ1v) is 4.99. The number of aliphatic carboxylic acids is 1. The maximum atomic E-state index is 10.9. The third kappa shape index (κ3) is 4.35. The Morgan fingerprint density at radius 2 is 2.17 bits per heavy atom. The van der Waals surface area contributed by atoms with Crippen molar-refractivity contribution in [2.45, 2.75) is 18.9 Å². The van der Waals surface area contributed by atoms with Crippen LogP contribution in [-0.4, -0.2) is 34.9 Å². The van der Waals surface area contributed by atoms with Crippen molar-refractivity contribution in [3.63, 3.8) is 0 Å². The fraction of sp³-hybridized carbons (Fsp3) is 0.714. The molecule has 0 aliphatic carbocycles. The van der Waals surface area contributed by atoms with E-state index in [4.69, 9.17) is 10.8 Å². The number of nitrogens with two attached hydrogens (primary N) is 1. The van der Waals surface area contributed by atoms with E-state index in [1.54, 1.807) is 11.8 Å². The molecule has 0 bridgehead atoms. The Hall–Kier alpha value is -0.550. The topological polar surface area (TPSA) is 80.4 Å². The lowest BCUT2D eigenvalue weighted by atomic mass is 10.1. The lowest BCUT2D eigenvalue weighted by Crippen LogP contribution is -2.38. The molecule has 0 aliphatic rings. The zero-order valence-electron chi connectivity index (χ0n) is 6.95. The largest absolute Gasteiger partial charge is 0.480 e. The highest BCUT2D eigenvalue weighted by atomic mass is 32.2. The van der Waals surface area contributed by atoms with Crippen molar-refractivity contribution in [1.82, 2.24) is 0 Å². The minimum absolute atomic E-state index is 0.258. The second kappa shape index (κ2) is 6.02. The number of ketones is 1. The molecule has 0 saturated heterocycles. The molecular weight excluding hydrogens is 178 g/mol. The third-order valence-corrected chi connectivity index (χ3v) is 2.08. The molecule has 0 aromatic rings. The summed E-state index contributed by atoms with van der Waals surface area (Å²) in [5.41, 5.74) is 5.09. The number of thioether (sulfide) groups is 1. The summed E-state index contributed by atoms with van der Waals surface area (Å²) in [6.07, 6.45) is 2.89. The molecule has 0 spiro atoms. The van der Waals surface area contributed by atoms with Gasteiger partial charge in [0.1, 0.15) is 0 Å². The van der Waals surface area contributed by atoms with Crippen molar-refractivity contribution in [3.8, 4) is 0 Å². The maximum absolute atomic E-state index is 10.9. The molecule has 0 heterocycles. The van der Waals surface area contributed by atoms with Gasteiger partial charge in [0.15, 0.2) is 11.8 Å². The van der Waals surface area contributed by atoms with Gasteiger partial charge < -0.3 is 10.8 Å². The predicted molar refractivity (Wildman–Crippen MR) is 48.2 cm³/mol. The zero-order chi connectivity index (χ0) is 9.56. The lowest BCUT2D eigenvalue weighted by molar-refractivity contribution is -0.142. The Labute approximate surface area is 75.5 Å². The van der Waals surface area contributed by atoms with Gasteiger partial charge in [-0.15, -0.1) is 0 Å². The summed E-state index contributed by atoms with van der Waals surface area (Å²) in [5, 5.41) is 8.36. The highest BCUT2D eigenvalue weighted by Crippen LogP contribution is 2.01. The normalized spacial score (nSPS) is 12.5. The summed E-state index contributed by atoms with van der Waals surface area (Å²) in [5.74, 6) is -0.779. The lowest BCUT2D eigenvalue weighted by Gasteiger charge is -2.03. The first-order chi connectivity index (χ1) is 5.59. The first-order valence-electron chi connectivity index (χ1n) is 3.59. The highest BCUT2D eigenvalue weighted by Gasteiger charge is 2.19. The van der Waals surface area contributed by atoms with Crippen LogP contribution in [-0.2, 0) is 9.59 Å². The molecule has 12 heavy (non-hydrogen) atoms. The summed E-state index contributed by atoms with van der Waals surface area (Å²) in [4.78, 5) is 21.2. The molecule has 3 N–H and O–H groups in total.